The molecule has 0 saturated carbocycles. The molecule has 0 atom stereocenters. The summed E-state index contributed by atoms with van der Waals surface area (Å²) >= 11 is 0. The first-order valence-corrected chi connectivity index (χ1v) is 8.47. The van der Waals surface area contributed by atoms with Crippen LogP contribution in [0.1, 0.15) is 17.5 Å². The SMILES string of the molecule is Fc1ccc(CN(CCCn2ccnc2)Cc2cccc(F)c2F)cc1. The van der Waals surface area contributed by atoms with Crippen molar-refractivity contribution >= 4 is 0 Å². The van der Waals surface area contributed by atoms with Crippen LogP contribution in [-0.4, -0.2) is 21.0 Å². The Morgan fingerprint density at radius 1 is 0.962 bits per heavy atom. The summed E-state index contributed by atoms with van der Waals surface area (Å²) in [5, 5.41) is 0. The fourth-order valence-electron chi connectivity index (χ4n) is 2.87. The fraction of sp³-hybridized carbons (Fsp3) is 0.250. The number of rotatable bonds is 8. The minimum Gasteiger partial charge on any atom is -0.337 e. The number of benzene rings is 2. The molecule has 0 bridgehead atoms. The van der Waals surface area contributed by atoms with Crippen molar-refractivity contribution in [3.8, 4) is 0 Å². The standard InChI is InChI=1S/C20H20F3N3/c21-18-7-5-16(6-8-18)13-26(11-2-10-25-12-9-24-15-25)14-17-3-1-4-19(22)20(17)23/h1,3-9,12,15H,2,10-11,13-14H2. The topological polar surface area (TPSA) is 21.1 Å². The molecule has 0 unspecified atom stereocenters. The van der Waals surface area contributed by atoms with Crippen LogP contribution in [0.4, 0.5) is 13.2 Å². The molecule has 0 aliphatic heterocycles. The summed E-state index contributed by atoms with van der Waals surface area (Å²) < 4.78 is 42.6. The number of hydrogen-bond acceptors (Lipinski definition) is 2. The Balaban J connectivity index is 1.69. The van der Waals surface area contributed by atoms with E-state index in [0.29, 0.717) is 18.7 Å². The molecule has 0 aliphatic rings. The predicted octanol–water partition coefficient (Wildman–Crippen LogP) is 4.39. The molecule has 1 heterocycles. The minimum absolute atomic E-state index is 0.283. The summed E-state index contributed by atoms with van der Waals surface area (Å²) in [5.41, 5.74) is 1.24. The van der Waals surface area contributed by atoms with Crippen LogP contribution in [0.15, 0.2) is 61.2 Å². The van der Waals surface area contributed by atoms with Gasteiger partial charge in [-0.25, -0.2) is 18.2 Å². The molecule has 0 N–H and O–H groups in total. The van der Waals surface area contributed by atoms with Crippen LogP contribution in [0.3, 0.4) is 0 Å². The molecule has 26 heavy (non-hydrogen) atoms. The molecule has 1 aromatic heterocycles. The number of aryl methyl sites for hydroxylation is 1. The van der Waals surface area contributed by atoms with E-state index in [1.165, 1.54) is 18.2 Å². The first-order valence-electron chi connectivity index (χ1n) is 8.47. The summed E-state index contributed by atoms with van der Waals surface area (Å²) in [6, 6.07) is 10.4. The highest BCUT2D eigenvalue weighted by Crippen LogP contribution is 2.16. The quantitative estimate of drug-likeness (QED) is 0.595. The molecule has 136 valence electrons. The average molecular weight is 359 g/mol. The largest absolute Gasteiger partial charge is 0.337 e. The van der Waals surface area contributed by atoms with Crippen LogP contribution in [0.25, 0.3) is 0 Å². The van der Waals surface area contributed by atoms with Crippen molar-refractivity contribution in [2.45, 2.75) is 26.1 Å². The Morgan fingerprint density at radius 2 is 1.77 bits per heavy atom. The highest BCUT2D eigenvalue weighted by Gasteiger charge is 2.13. The molecule has 0 radical (unpaired) electrons. The maximum absolute atomic E-state index is 14.0. The zero-order valence-corrected chi connectivity index (χ0v) is 14.3. The van der Waals surface area contributed by atoms with Crippen molar-refractivity contribution in [2.75, 3.05) is 6.54 Å². The van der Waals surface area contributed by atoms with Gasteiger partial charge in [0.15, 0.2) is 11.6 Å². The van der Waals surface area contributed by atoms with Crippen molar-refractivity contribution in [1.82, 2.24) is 14.5 Å². The summed E-state index contributed by atoms with van der Waals surface area (Å²) in [5.74, 6) is -1.95. The van der Waals surface area contributed by atoms with Crippen molar-refractivity contribution in [3.63, 3.8) is 0 Å². The Hall–Kier alpha value is -2.60. The number of nitrogens with zero attached hydrogens (tertiary/aromatic N) is 3. The third kappa shape index (κ3) is 4.95. The zero-order chi connectivity index (χ0) is 18.4. The van der Waals surface area contributed by atoms with Crippen LogP contribution in [-0.2, 0) is 19.6 Å². The van der Waals surface area contributed by atoms with E-state index in [2.05, 4.69) is 4.98 Å². The first kappa shape index (κ1) is 18.2. The lowest BCUT2D eigenvalue weighted by Gasteiger charge is -2.23. The van der Waals surface area contributed by atoms with E-state index < -0.39 is 11.6 Å². The molecular weight excluding hydrogens is 339 g/mol. The Kier molecular flexibility index (Phi) is 6.07. The van der Waals surface area contributed by atoms with E-state index in [9.17, 15) is 13.2 Å². The minimum atomic E-state index is -0.845. The molecule has 0 fully saturated rings. The van der Waals surface area contributed by atoms with E-state index in [-0.39, 0.29) is 12.4 Å². The van der Waals surface area contributed by atoms with Crippen molar-refractivity contribution in [2.24, 2.45) is 0 Å². The highest BCUT2D eigenvalue weighted by molar-refractivity contribution is 5.20. The van der Waals surface area contributed by atoms with Gasteiger partial charge in [0.25, 0.3) is 0 Å². The van der Waals surface area contributed by atoms with Gasteiger partial charge in [-0.3, -0.25) is 4.90 Å². The second-order valence-corrected chi connectivity index (χ2v) is 6.20. The maximum Gasteiger partial charge on any atom is 0.163 e. The van der Waals surface area contributed by atoms with Gasteiger partial charge >= 0.3 is 0 Å². The van der Waals surface area contributed by atoms with Crippen molar-refractivity contribution in [1.29, 1.82) is 0 Å². The maximum atomic E-state index is 14.0. The van der Waals surface area contributed by atoms with Gasteiger partial charge in [0.2, 0.25) is 0 Å². The number of hydrogen-bond donors (Lipinski definition) is 0. The molecule has 2 aromatic carbocycles. The van der Waals surface area contributed by atoms with E-state index in [4.69, 9.17) is 0 Å². The van der Waals surface area contributed by atoms with Gasteiger partial charge in [-0.05, 0) is 30.2 Å². The number of halogens is 3. The van der Waals surface area contributed by atoms with Gasteiger partial charge in [-0.2, -0.15) is 0 Å². The second-order valence-electron chi connectivity index (χ2n) is 6.20. The van der Waals surface area contributed by atoms with Gasteiger partial charge in [-0.15, -0.1) is 0 Å². The summed E-state index contributed by atoms with van der Waals surface area (Å²) in [4.78, 5) is 6.04. The van der Waals surface area contributed by atoms with Crippen molar-refractivity contribution in [3.05, 3.63) is 89.8 Å². The lowest BCUT2D eigenvalue weighted by Crippen LogP contribution is -2.25. The van der Waals surface area contributed by atoms with Crippen LogP contribution >= 0.6 is 0 Å². The molecule has 0 saturated heterocycles. The van der Waals surface area contributed by atoms with Gasteiger partial charge in [-0.1, -0.05) is 24.3 Å². The predicted molar refractivity (Wildman–Crippen MR) is 93.7 cm³/mol. The third-order valence-corrected chi connectivity index (χ3v) is 4.19. The van der Waals surface area contributed by atoms with E-state index in [1.54, 1.807) is 30.7 Å². The van der Waals surface area contributed by atoms with Crippen LogP contribution in [0.5, 0.6) is 0 Å². The lowest BCUT2D eigenvalue weighted by molar-refractivity contribution is 0.244. The molecule has 0 aliphatic carbocycles. The van der Waals surface area contributed by atoms with Crippen LogP contribution in [0, 0.1) is 17.5 Å². The Labute approximate surface area is 150 Å². The van der Waals surface area contributed by atoms with E-state index >= 15 is 0 Å². The highest BCUT2D eigenvalue weighted by atomic mass is 19.2. The van der Waals surface area contributed by atoms with E-state index in [1.807, 2.05) is 15.7 Å². The number of aromatic nitrogens is 2. The number of imidazole rings is 1. The third-order valence-electron chi connectivity index (χ3n) is 4.19. The monoisotopic (exact) mass is 359 g/mol. The Morgan fingerprint density at radius 3 is 2.50 bits per heavy atom. The second kappa shape index (κ2) is 8.67. The molecular formula is C20H20F3N3. The van der Waals surface area contributed by atoms with Gasteiger partial charge in [0, 0.05) is 44.1 Å². The normalized spacial score (nSPS) is 11.2. The molecule has 3 nitrogen and oxygen atoms in total. The van der Waals surface area contributed by atoms with Gasteiger partial charge < -0.3 is 4.57 Å². The smallest absolute Gasteiger partial charge is 0.163 e. The van der Waals surface area contributed by atoms with Gasteiger partial charge in [0.05, 0.1) is 6.33 Å². The lowest BCUT2D eigenvalue weighted by atomic mass is 10.1. The summed E-state index contributed by atoms with van der Waals surface area (Å²) in [6.45, 7) is 2.28. The summed E-state index contributed by atoms with van der Waals surface area (Å²) in [6.07, 6.45) is 6.18. The molecule has 0 spiro atoms. The van der Waals surface area contributed by atoms with Crippen LogP contribution < -0.4 is 0 Å². The van der Waals surface area contributed by atoms with Crippen LogP contribution in [0.2, 0.25) is 0 Å². The zero-order valence-electron chi connectivity index (χ0n) is 14.3. The molecule has 3 aromatic rings. The Bertz CT molecular complexity index is 817. The molecule has 3 rings (SSSR count). The molecule has 0 amide bonds. The summed E-state index contributed by atoms with van der Waals surface area (Å²) in [7, 11) is 0. The molecule has 6 heteroatoms. The first-order chi connectivity index (χ1) is 12.6. The van der Waals surface area contributed by atoms with Gasteiger partial charge in [0.1, 0.15) is 5.82 Å². The van der Waals surface area contributed by atoms with E-state index in [0.717, 1.165) is 24.6 Å². The average Bonchev–Trinajstić information content (AvgIpc) is 3.14. The van der Waals surface area contributed by atoms with Crippen molar-refractivity contribution < 1.29 is 13.2 Å². The fourth-order valence-corrected chi connectivity index (χ4v) is 2.87.